The molecule has 0 aromatic heterocycles. The number of fused-ring (bicyclic) bond motifs is 5. The van der Waals surface area contributed by atoms with Crippen LogP contribution in [0.3, 0.4) is 0 Å². The lowest BCUT2D eigenvalue weighted by atomic mass is 9.76. The van der Waals surface area contributed by atoms with Gasteiger partial charge in [-0.25, -0.2) is 0 Å². The van der Waals surface area contributed by atoms with Crippen molar-refractivity contribution in [1.29, 1.82) is 0 Å². The van der Waals surface area contributed by atoms with Crippen LogP contribution in [-0.4, -0.2) is 0 Å². The molecule has 7 rings (SSSR count). The Balaban J connectivity index is 1.44. The first kappa shape index (κ1) is 21.4. The van der Waals surface area contributed by atoms with E-state index in [1.54, 1.807) is 5.57 Å². The molecule has 0 saturated heterocycles. The van der Waals surface area contributed by atoms with Gasteiger partial charge < -0.3 is 0 Å². The first-order valence-electron chi connectivity index (χ1n) is 13.3. The molecular formula is C36H30. The van der Waals surface area contributed by atoms with Crippen molar-refractivity contribution >= 4 is 11.1 Å². The van der Waals surface area contributed by atoms with Crippen molar-refractivity contribution in [2.75, 3.05) is 0 Å². The summed E-state index contributed by atoms with van der Waals surface area (Å²) in [5, 5.41) is 0. The Bertz CT molecular complexity index is 1370. The third-order valence-corrected chi connectivity index (χ3v) is 8.58. The van der Waals surface area contributed by atoms with E-state index >= 15 is 0 Å². The van der Waals surface area contributed by atoms with Crippen molar-refractivity contribution < 1.29 is 0 Å². The summed E-state index contributed by atoms with van der Waals surface area (Å²) in [5.41, 5.74) is 11.5. The van der Waals surface area contributed by atoms with Crippen molar-refractivity contribution in [2.24, 2.45) is 23.7 Å². The summed E-state index contributed by atoms with van der Waals surface area (Å²) in [4.78, 5) is 0. The van der Waals surface area contributed by atoms with Gasteiger partial charge in [0.15, 0.2) is 0 Å². The van der Waals surface area contributed by atoms with Gasteiger partial charge in [0.05, 0.1) is 0 Å². The Morgan fingerprint density at radius 2 is 0.889 bits per heavy atom. The van der Waals surface area contributed by atoms with Crippen LogP contribution in [0.5, 0.6) is 0 Å². The van der Waals surface area contributed by atoms with Gasteiger partial charge in [0.2, 0.25) is 0 Å². The molecule has 0 N–H and O–H groups in total. The molecule has 0 unspecified atom stereocenters. The number of rotatable bonds is 4. The average molecular weight is 463 g/mol. The molecule has 0 heterocycles. The van der Waals surface area contributed by atoms with E-state index in [0.29, 0.717) is 23.7 Å². The van der Waals surface area contributed by atoms with E-state index < -0.39 is 0 Å². The molecule has 0 amide bonds. The van der Waals surface area contributed by atoms with Crippen molar-refractivity contribution in [3.05, 3.63) is 167 Å². The van der Waals surface area contributed by atoms with Gasteiger partial charge >= 0.3 is 0 Å². The molecule has 2 fully saturated rings. The Kier molecular flexibility index (Phi) is 5.32. The lowest BCUT2D eigenvalue weighted by Crippen LogP contribution is -2.19. The average Bonchev–Trinajstić information content (AvgIpc) is 3.64. The molecule has 2 saturated carbocycles. The number of hydrogen-bond donors (Lipinski definition) is 0. The van der Waals surface area contributed by atoms with E-state index in [2.05, 4.69) is 133 Å². The zero-order valence-electron chi connectivity index (χ0n) is 20.4. The number of allylic oxidation sites excluding steroid dienone is 4. The van der Waals surface area contributed by atoms with Gasteiger partial charge in [0, 0.05) is 0 Å². The number of benzene rings is 4. The molecule has 4 atom stereocenters. The first-order valence-corrected chi connectivity index (χ1v) is 13.3. The maximum atomic E-state index is 2.54. The molecule has 0 aliphatic heterocycles. The van der Waals surface area contributed by atoms with E-state index in [4.69, 9.17) is 0 Å². The summed E-state index contributed by atoms with van der Waals surface area (Å²) in [7, 11) is 0. The molecule has 0 spiro atoms. The van der Waals surface area contributed by atoms with Crippen molar-refractivity contribution in [2.45, 2.75) is 12.8 Å². The zero-order chi connectivity index (χ0) is 23.9. The van der Waals surface area contributed by atoms with E-state index in [-0.39, 0.29) is 0 Å². The molecule has 3 aliphatic carbocycles. The minimum atomic E-state index is 0.552. The molecule has 4 aromatic rings. The fourth-order valence-corrected chi connectivity index (χ4v) is 7.28. The van der Waals surface area contributed by atoms with Crippen molar-refractivity contribution in [3.8, 4) is 0 Å². The van der Waals surface area contributed by atoms with Crippen LogP contribution < -0.4 is 0 Å². The summed E-state index contributed by atoms with van der Waals surface area (Å²) >= 11 is 0. The van der Waals surface area contributed by atoms with Gasteiger partial charge in [-0.1, -0.05) is 139 Å². The normalized spacial score (nSPS) is 23.7. The fourth-order valence-electron chi connectivity index (χ4n) is 7.28. The van der Waals surface area contributed by atoms with Crippen molar-refractivity contribution in [1.82, 2.24) is 0 Å². The lowest BCUT2D eigenvalue weighted by molar-refractivity contribution is 0.322. The van der Waals surface area contributed by atoms with Crippen LogP contribution in [0.4, 0.5) is 0 Å². The van der Waals surface area contributed by atoms with Crippen LogP contribution in [-0.2, 0) is 0 Å². The molecule has 0 nitrogen and oxygen atoms in total. The molecule has 3 aliphatic rings. The molecular weight excluding hydrogens is 432 g/mol. The molecule has 2 bridgehead atoms. The summed E-state index contributed by atoms with van der Waals surface area (Å²) in [6.07, 6.45) is 7.60. The molecule has 0 heteroatoms. The minimum Gasteiger partial charge on any atom is -0.0799 e. The van der Waals surface area contributed by atoms with Crippen LogP contribution in [0, 0.1) is 23.7 Å². The second kappa shape index (κ2) is 8.95. The second-order valence-electron chi connectivity index (χ2n) is 10.4. The quantitative estimate of drug-likeness (QED) is 0.284. The van der Waals surface area contributed by atoms with Crippen LogP contribution in [0.1, 0.15) is 35.1 Å². The molecule has 4 aromatic carbocycles. The highest BCUT2D eigenvalue weighted by Gasteiger charge is 2.54. The van der Waals surface area contributed by atoms with Gasteiger partial charge in [0.1, 0.15) is 0 Å². The van der Waals surface area contributed by atoms with Gasteiger partial charge in [-0.3, -0.25) is 0 Å². The van der Waals surface area contributed by atoms with Gasteiger partial charge in [-0.2, -0.15) is 0 Å². The maximum Gasteiger partial charge on any atom is -0.00208 e. The van der Waals surface area contributed by atoms with Gasteiger partial charge in [-0.05, 0) is 75.5 Å². The second-order valence-corrected chi connectivity index (χ2v) is 10.4. The van der Waals surface area contributed by atoms with E-state index in [1.807, 2.05) is 0 Å². The Morgan fingerprint density at radius 3 is 1.36 bits per heavy atom. The molecule has 174 valence electrons. The third kappa shape index (κ3) is 3.44. The summed E-state index contributed by atoms with van der Waals surface area (Å²) in [5.74, 6) is 2.36. The minimum absolute atomic E-state index is 0.552. The summed E-state index contributed by atoms with van der Waals surface area (Å²) < 4.78 is 0. The summed E-state index contributed by atoms with van der Waals surface area (Å²) in [6, 6.07) is 44.2. The van der Waals surface area contributed by atoms with Gasteiger partial charge in [0.25, 0.3) is 0 Å². The smallest absolute Gasteiger partial charge is 0.00208 e. The topological polar surface area (TPSA) is 0 Å². The Hall–Kier alpha value is -3.90. The fraction of sp³-hybridized carbons (Fsp3) is 0.167. The monoisotopic (exact) mass is 462 g/mol. The predicted octanol–water partition coefficient (Wildman–Crippen LogP) is 8.83. The van der Waals surface area contributed by atoms with E-state index in [9.17, 15) is 0 Å². The Labute approximate surface area is 214 Å². The van der Waals surface area contributed by atoms with Gasteiger partial charge in [-0.15, -0.1) is 0 Å². The Morgan fingerprint density at radius 1 is 0.472 bits per heavy atom. The SMILES string of the molecule is C1=C[C@H]2[C@H](C1=C(c1ccccc1)c1ccccc1)[C@@H]1CC[C@@H]2C1=C(c1ccccc1)c1ccccc1. The maximum absolute atomic E-state index is 2.54. The highest BCUT2D eigenvalue weighted by molar-refractivity contribution is 5.87. The third-order valence-electron chi connectivity index (χ3n) is 8.58. The van der Waals surface area contributed by atoms with E-state index in [1.165, 1.54) is 51.8 Å². The highest BCUT2D eigenvalue weighted by atomic mass is 14.6. The number of hydrogen-bond acceptors (Lipinski definition) is 0. The molecule has 36 heavy (non-hydrogen) atoms. The van der Waals surface area contributed by atoms with Crippen LogP contribution in [0.2, 0.25) is 0 Å². The lowest BCUT2D eigenvalue weighted by Gasteiger charge is -2.27. The zero-order valence-corrected chi connectivity index (χ0v) is 20.4. The molecule has 0 radical (unpaired) electrons. The van der Waals surface area contributed by atoms with Crippen LogP contribution in [0.15, 0.2) is 145 Å². The predicted molar refractivity (Wildman–Crippen MR) is 150 cm³/mol. The van der Waals surface area contributed by atoms with Crippen LogP contribution in [0.25, 0.3) is 11.1 Å². The van der Waals surface area contributed by atoms with E-state index in [0.717, 1.165) is 0 Å². The first-order chi connectivity index (χ1) is 17.9. The van der Waals surface area contributed by atoms with Crippen molar-refractivity contribution in [3.63, 3.8) is 0 Å². The highest BCUT2D eigenvalue weighted by Crippen LogP contribution is 2.64. The largest absolute Gasteiger partial charge is 0.0799 e. The standard InChI is InChI=1S/C36H30/c1-5-13-25(14-6-1)33(26-15-7-2-8-16-26)31-23-21-29-30-22-24-32(35(29)31)36(30)34(27-17-9-3-10-18-27)28-19-11-4-12-20-28/h1-21,23,29-30,32,35H,22,24H2/t29-,30+,32+,35-/m1/s1. The van der Waals surface area contributed by atoms with Crippen LogP contribution >= 0.6 is 0 Å². The summed E-state index contributed by atoms with van der Waals surface area (Å²) in [6.45, 7) is 0.